The fourth-order valence-corrected chi connectivity index (χ4v) is 4.34. The van der Waals surface area contributed by atoms with Crippen LogP contribution in [-0.2, 0) is 4.79 Å². The van der Waals surface area contributed by atoms with Crippen LogP contribution in [0.25, 0.3) is 0 Å². The second-order valence-corrected chi connectivity index (χ2v) is 7.97. The molecule has 1 heterocycles. The Morgan fingerprint density at radius 2 is 1.74 bits per heavy atom. The molecule has 0 aliphatic carbocycles. The van der Waals surface area contributed by atoms with Crippen LogP contribution in [0.15, 0.2) is 24.3 Å². The predicted octanol–water partition coefficient (Wildman–Crippen LogP) is 3.37. The second kappa shape index (κ2) is 12.5. The van der Waals surface area contributed by atoms with Crippen LogP contribution in [0.1, 0.15) is 52.1 Å². The number of amides is 3. The standard InChI is InChI=1S/C24H40N4O3/c1-6-26(7-2)22(20-11-10-12-21(17-20)31-5)18-25-23(29)19-13-15-28(16-14-19)24(30)27(8-3)9-4/h10-12,17,19,22H,6-9,13-16,18H2,1-5H3,(H,25,29). The lowest BCUT2D eigenvalue weighted by Crippen LogP contribution is -2.49. The van der Waals surface area contributed by atoms with Crippen molar-refractivity contribution in [2.75, 3.05) is 52.9 Å². The SMILES string of the molecule is CCN(CC)C(=O)N1CCC(C(=O)NCC(c2cccc(OC)c2)N(CC)CC)CC1. The van der Waals surface area contributed by atoms with Crippen LogP contribution in [-0.4, -0.2) is 79.6 Å². The smallest absolute Gasteiger partial charge is 0.319 e. The van der Waals surface area contributed by atoms with E-state index in [0.29, 0.717) is 45.6 Å². The van der Waals surface area contributed by atoms with Gasteiger partial charge < -0.3 is 19.9 Å². The van der Waals surface area contributed by atoms with Crippen LogP contribution in [0.2, 0.25) is 0 Å². The normalized spacial score (nSPS) is 15.6. The summed E-state index contributed by atoms with van der Waals surface area (Å²) in [6.45, 7) is 13.4. The van der Waals surface area contributed by atoms with Crippen molar-refractivity contribution in [1.29, 1.82) is 0 Å². The maximum absolute atomic E-state index is 12.9. The summed E-state index contributed by atoms with van der Waals surface area (Å²) in [5.74, 6) is 0.879. The first kappa shape index (κ1) is 25.0. The first-order chi connectivity index (χ1) is 15.0. The van der Waals surface area contributed by atoms with Crippen molar-refractivity contribution in [2.24, 2.45) is 5.92 Å². The fraction of sp³-hybridized carbons (Fsp3) is 0.667. The molecule has 0 aromatic heterocycles. The summed E-state index contributed by atoms with van der Waals surface area (Å²) in [7, 11) is 1.67. The number of methoxy groups -OCH3 is 1. The number of carbonyl (C=O) groups is 2. The van der Waals surface area contributed by atoms with Crippen LogP contribution in [0.5, 0.6) is 5.75 Å². The van der Waals surface area contributed by atoms with Crippen LogP contribution in [0.4, 0.5) is 4.79 Å². The zero-order valence-electron chi connectivity index (χ0n) is 19.9. The summed E-state index contributed by atoms with van der Waals surface area (Å²) in [4.78, 5) is 31.5. The minimum atomic E-state index is -0.0385. The molecule has 31 heavy (non-hydrogen) atoms. The molecule has 174 valence electrons. The third-order valence-corrected chi connectivity index (χ3v) is 6.37. The number of hydrogen-bond acceptors (Lipinski definition) is 4. The molecule has 3 amide bonds. The van der Waals surface area contributed by atoms with Crippen LogP contribution < -0.4 is 10.1 Å². The summed E-state index contributed by atoms with van der Waals surface area (Å²) in [5.41, 5.74) is 1.14. The van der Waals surface area contributed by atoms with Crippen LogP contribution in [0, 0.1) is 5.92 Å². The van der Waals surface area contributed by atoms with E-state index in [4.69, 9.17) is 4.74 Å². The van der Waals surface area contributed by atoms with Gasteiger partial charge in [-0.1, -0.05) is 26.0 Å². The number of hydrogen-bond donors (Lipinski definition) is 1. The molecule has 1 aromatic rings. The molecule has 1 aliphatic rings. The molecule has 1 atom stereocenters. The predicted molar refractivity (Wildman–Crippen MR) is 124 cm³/mol. The van der Waals surface area contributed by atoms with E-state index >= 15 is 0 Å². The molecule has 1 aliphatic heterocycles. The van der Waals surface area contributed by atoms with Crippen molar-refractivity contribution < 1.29 is 14.3 Å². The van der Waals surface area contributed by atoms with E-state index in [1.165, 1.54) is 0 Å². The molecule has 1 saturated heterocycles. The average molecular weight is 433 g/mol. The summed E-state index contributed by atoms with van der Waals surface area (Å²) in [6, 6.07) is 8.26. The Morgan fingerprint density at radius 3 is 2.29 bits per heavy atom. The topological polar surface area (TPSA) is 65.1 Å². The molecule has 1 aromatic carbocycles. The zero-order chi connectivity index (χ0) is 22.8. The van der Waals surface area contributed by atoms with Crippen molar-refractivity contribution in [3.05, 3.63) is 29.8 Å². The molecule has 0 spiro atoms. The Balaban J connectivity index is 1.96. The minimum Gasteiger partial charge on any atom is -0.497 e. The van der Waals surface area contributed by atoms with Gasteiger partial charge in [0.2, 0.25) is 5.91 Å². The highest BCUT2D eigenvalue weighted by Crippen LogP contribution is 2.25. The van der Waals surface area contributed by atoms with Gasteiger partial charge in [-0.25, -0.2) is 4.79 Å². The number of urea groups is 1. The van der Waals surface area contributed by atoms with Gasteiger partial charge in [-0.15, -0.1) is 0 Å². The third kappa shape index (κ3) is 6.60. The highest BCUT2D eigenvalue weighted by atomic mass is 16.5. The molecule has 2 rings (SSSR count). The molecule has 7 nitrogen and oxygen atoms in total. The summed E-state index contributed by atoms with van der Waals surface area (Å²) >= 11 is 0. The number of benzene rings is 1. The highest BCUT2D eigenvalue weighted by molar-refractivity contribution is 5.79. The van der Waals surface area contributed by atoms with E-state index < -0.39 is 0 Å². The van der Waals surface area contributed by atoms with Gasteiger partial charge in [0, 0.05) is 38.6 Å². The van der Waals surface area contributed by atoms with Gasteiger partial charge in [0.15, 0.2) is 0 Å². The number of piperidine rings is 1. The first-order valence-electron chi connectivity index (χ1n) is 11.7. The second-order valence-electron chi connectivity index (χ2n) is 7.97. The Labute approximate surface area is 187 Å². The number of carbonyl (C=O) groups excluding carboxylic acids is 2. The number of rotatable bonds is 10. The number of nitrogens with zero attached hydrogens (tertiary/aromatic N) is 3. The molecule has 0 saturated carbocycles. The molecule has 1 unspecified atom stereocenters. The lowest BCUT2D eigenvalue weighted by Gasteiger charge is -2.35. The molecular formula is C24H40N4O3. The largest absolute Gasteiger partial charge is 0.497 e. The number of nitrogens with one attached hydrogen (secondary N) is 1. The Morgan fingerprint density at radius 1 is 1.10 bits per heavy atom. The van der Waals surface area contributed by atoms with E-state index in [2.05, 4.69) is 30.1 Å². The van der Waals surface area contributed by atoms with Gasteiger partial charge >= 0.3 is 6.03 Å². The molecule has 1 N–H and O–H groups in total. The monoisotopic (exact) mass is 432 g/mol. The van der Waals surface area contributed by atoms with Gasteiger partial charge in [0.25, 0.3) is 0 Å². The third-order valence-electron chi connectivity index (χ3n) is 6.37. The molecule has 0 radical (unpaired) electrons. The minimum absolute atomic E-state index is 0.0385. The summed E-state index contributed by atoms with van der Waals surface area (Å²) < 4.78 is 5.39. The van der Waals surface area contributed by atoms with Crippen LogP contribution >= 0.6 is 0 Å². The highest BCUT2D eigenvalue weighted by Gasteiger charge is 2.29. The quantitative estimate of drug-likeness (QED) is 0.616. The zero-order valence-corrected chi connectivity index (χ0v) is 19.9. The van der Waals surface area contributed by atoms with Crippen molar-refractivity contribution in [2.45, 2.75) is 46.6 Å². The average Bonchev–Trinajstić information content (AvgIpc) is 2.82. The lowest BCUT2D eigenvalue weighted by molar-refractivity contribution is -0.126. The van der Waals surface area contributed by atoms with Gasteiger partial charge in [-0.2, -0.15) is 0 Å². The van der Waals surface area contributed by atoms with Gasteiger partial charge in [0.05, 0.1) is 13.2 Å². The molecule has 1 fully saturated rings. The fourth-order valence-electron chi connectivity index (χ4n) is 4.34. The Bertz CT molecular complexity index is 696. The first-order valence-corrected chi connectivity index (χ1v) is 11.7. The van der Waals surface area contributed by atoms with Gasteiger partial charge in [0.1, 0.15) is 5.75 Å². The number of likely N-dealkylation sites (N-methyl/N-ethyl adjacent to an activating group) is 1. The van der Waals surface area contributed by atoms with Crippen molar-refractivity contribution in [3.8, 4) is 5.75 Å². The molecule has 7 heteroatoms. The lowest BCUT2D eigenvalue weighted by atomic mass is 9.95. The van der Waals surface area contributed by atoms with Crippen molar-refractivity contribution >= 4 is 11.9 Å². The van der Waals surface area contributed by atoms with E-state index in [9.17, 15) is 9.59 Å². The Hall–Kier alpha value is -2.28. The van der Waals surface area contributed by atoms with E-state index in [-0.39, 0.29) is 23.9 Å². The number of ether oxygens (including phenoxy) is 1. The van der Waals surface area contributed by atoms with Crippen LogP contribution in [0.3, 0.4) is 0 Å². The van der Waals surface area contributed by atoms with E-state index in [1.54, 1.807) is 7.11 Å². The van der Waals surface area contributed by atoms with E-state index in [0.717, 1.165) is 24.4 Å². The molecule has 0 bridgehead atoms. The van der Waals surface area contributed by atoms with Crippen molar-refractivity contribution in [3.63, 3.8) is 0 Å². The molecular weight excluding hydrogens is 392 g/mol. The number of likely N-dealkylation sites (tertiary alicyclic amines) is 1. The van der Waals surface area contributed by atoms with Gasteiger partial charge in [-0.05, 0) is 57.5 Å². The maximum atomic E-state index is 12.9. The van der Waals surface area contributed by atoms with E-state index in [1.807, 2.05) is 41.8 Å². The van der Waals surface area contributed by atoms with Crippen molar-refractivity contribution in [1.82, 2.24) is 20.0 Å². The summed E-state index contributed by atoms with van der Waals surface area (Å²) in [6.07, 6.45) is 1.43. The summed E-state index contributed by atoms with van der Waals surface area (Å²) in [5, 5.41) is 3.19. The maximum Gasteiger partial charge on any atom is 0.319 e. The Kier molecular flexibility index (Phi) is 10.1. The van der Waals surface area contributed by atoms with Gasteiger partial charge in [-0.3, -0.25) is 9.69 Å².